The molecule has 2 aromatic carbocycles. The van der Waals surface area contributed by atoms with Crippen molar-refractivity contribution in [3.05, 3.63) is 81.0 Å². The predicted octanol–water partition coefficient (Wildman–Crippen LogP) is 5.87. The average molecular weight is 449 g/mol. The van der Waals surface area contributed by atoms with Gasteiger partial charge in [-0.05, 0) is 60.6 Å². The molecule has 0 aliphatic heterocycles. The molecular formula is C25H24N2O2S2. The van der Waals surface area contributed by atoms with E-state index in [9.17, 15) is 4.79 Å². The second-order valence-corrected chi connectivity index (χ2v) is 10.1. The molecule has 4 aromatic rings. The van der Waals surface area contributed by atoms with Gasteiger partial charge in [0.25, 0.3) is 5.56 Å². The van der Waals surface area contributed by atoms with E-state index in [4.69, 9.17) is 9.72 Å². The average Bonchev–Trinajstić information content (AvgIpc) is 3.16. The van der Waals surface area contributed by atoms with Crippen LogP contribution >= 0.6 is 23.1 Å². The standard InChI is InChI=1S/C25H24N2O2S2/c1-16-8-13-20-21(14-16)31-23-22(20)24(28)27(18-6-4-3-5-7-18)25(26-23)30-15-17-9-11-19(29-2)12-10-17/h3-7,9-12,16H,8,13-15H2,1-2H3/t16-/m1/s1. The highest BCUT2D eigenvalue weighted by atomic mass is 32.2. The van der Waals surface area contributed by atoms with Gasteiger partial charge in [0, 0.05) is 10.6 Å². The first-order chi connectivity index (χ1) is 15.1. The summed E-state index contributed by atoms with van der Waals surface area (Å²) in [5, 5.41) is 1.57. The van der Waals surface area contributed by atoms with E-state index < -0.39 is 0 Å². The maximum absolute atomic E-state index is 13.8. The van der Waals surface area contributed by atoms with Gasteiger partial charge in [-0.2, -0.15) is 0 Å². The lowest BCUT2D eigenvalue weighted by atomic mass is 9.89. The highest BCUT2D eigenvalue weighted by Crippen LogP contribution is 2.37. The molecule has 2 heterocycles. The van der Waals surface area contributed by atoms with Crippen molar-refractivity contribution in [2.24, 2.45) is 5.92 Å². The maximum Gasteiger partial charge on any atom is 0.267 e. The number of thiophene rings is 1. The second-order valence-electron chi connectivity index (χ2n) is 8.04. The van der Waals surface area contributed by atoms with Gasteiger partial charge in [0.1, 0.15) is 10.6 Å². The van der Waals surface area contributed by atoms with Crippen LogP contribution in [0.1, 0.15) is 29.3 Å². The van der Waals surface area contributed by atoms with Gasteiger partial charge in [-0.1, -0.05) is 49.0 Å². The molecule has 0 radical (unpaired) electrons. The van der Waals surface area contributed by atoms with Gasteiger partial charge in [0.2, 0.25) is 0 Å². The van der Waals surface area contributed by atoms with Crippen LogP contribution in [0.15, 0.2) is 64.5 Å². The summed E-state index contributed by atoms with van der Waals surface area (Å²) in [6, 6.07) is 17.9. The first kappa shape index (κ1) is 20.3. The lowest BCUT2D eigenvalue weighted by Crippen LogP contribution is -2.22. The SMILES string of the molecule is COc1ccc(CSc2nc3sc4c(c3c(=O)n2-c2ccccc2)CC[C@@H](C)C4)cc1. The molecule has 0 saturated heterocycles. The number of thioether (sulfide) groups is 1. The zero-order valence-electron chi connectivity index (χ0n) is 17.6. The Morgan fingerprint density at radius 2 is 1.94 bits per heavy atom. The Labute approximate surface area is 189 Å². The number of hydrogen-bond acceptors (Lipinski definition) is 5. The Balaban J connectivity index is 1.61. The molecule has 1 aliphatic carbocycles. The molecule has 0 amide bonds. The van der Waals surface area contributed by atoms with Crippen molar-refractivity contribution < 1.29 is 4.74 Å². The molecule has 1 atom stereocenters. The fourth-order valence-electron chi connectivity index (χ4n) is 4.14. The number of rotatable bonds is 5. The number of aryl methyl sites for hydroxylation is 1. The fraction of sp³-hybridized carbons (Fsp3) is 0.280. The Hall–Kier alpha value is -2.57. The smallest absolute Gasteiger partial charge is 0.267 e. The van der Waals surface area contributed by atoms with E-state index in [0.29, 0.717) is 5.92 Å². The van der Waals surface area contributed by atoms with Crippen molar-refractivity contribution in [3.8, 4) is 11.4 Å². The Kier molecular flexibility index (Phi) is 5.59. The summed E-state index contributed by atoms with van der Waals surface area (Å²) < 4.78 is 7.05. The van der Waals surface area contributed by atoms with Gasteiger partial charge in [0.05, 0.1) is 18.2 Å². The Morgan fingerprint density at radius 3 is 2.68 bits per heavy atom. The minimum atomic E-state index is 0.0560. The van der Waals surface area contributed by atoms with Gasteiger partial charge >= 0.3 is 0 Å². The number of benzene rings is 2. The van der Waals surface area contributed by atoms with Gasteiger partial charge in [-0.15, -0.1) is 11.3 Å². The van der Waals surface area contributed by atoms with E-state index in [1.807, 2.05) is 42.5 Å². The van der Waals surface area contributed by atoms with Crippen LogP contribution in [-0.4, -0.2) is 16.7 Å². The molecule has 0 unspecified atom stereocenters. The second kappa shape index (κ2) is 8.52. The van der Waals surface area contributed by atoms with Gasteiger partial charge in [-0.25, -0.2) is 4.98 Å². The summed E-state index contributed by atoms with van der Waals surface area (Å²) in [6.45, 7) is 2.29. The summed E-state index contributed by atoms with van der Waals surface area (Å²) in [7, 11) is 1.67. The normalized spacial score (nSPS) is 15.7. The molecule has 0 N–H and O–H groups in total. The van der Waals surface area contributed by atoms with Crippen LogP contribution in [-0.2, 0) is 18.6 Å². The third-order valence-electron chi connectivity index (χ3n) is 5.84. The molecule has 5 rings (SSSR count). The lowest BCUT2D eigenvalue weighted by Gasteiger charge is -2.17. The highest BCUT2D eigenvalue weighted by Gasteiger charge is 2.25. The first-order valence-corrected chi connectivity index (χ1v) is 12.3. The van der Waals surface area contributed by atoms with Crippen LogP contribution in [0.25, 0.3) is 15.9 Å². The minimum absolute atomic E-state index is 0.0560. The predicted molar refractivity (Wildman–Crippen MR) is 129 cm³/mol. The molecule has 4 nitrogen and oxygen atoms in total. The van der Waals surface area contributed by atoms with Crippen molar-refractivity contribution in [1.82, 2.24) is 9.55 Å². The van der Waals surface area contributed by atoms with Crippen molar-refractivity contribution in [1.29, 1.82) is 0 Å². The molecule has 0 spiro atoms. The Bertz CT molecular complexity index is 1280. The zero-order valence-corrected chi connectivity index (χ0v) is 19.3. The van der Waals surface area contributed by atoms with Crippen molar-refractivity contribution in [3.63, 3.8) is 0 Å². The van der Waals surface area contributed by atoms with Crippen LogP contribution in [0.4, 0.5) is 0 Å². The first-order valence-electron chi connectivity index (χ1n) is 10.5. The summed E-state index contributed by atoms with van der Waals surface area (Å²) in [6.07, 6.45) is 3.16. The molecule has 31 heavy (non-hydrogen) atoms. The minimum Gasteiger partial charge on any atom is -0.497 e. The third-order valence-corrected chi connectivity index (χ3v) is 8.00. The van der Waals surface area contributed by atoms with Crippen LogP contribution in [0.5, 0.6) is 5.75 Å². The quantitative estimate of drug-likeness (QED) is 0.283. The molecule has 0 saturated carbocycles. The number of para-hydroxylation sites is 1. The molecule has 6 heteroatoms. The summed E-state index contributed by atoms with van der Waals surface area (Å²) in [5.74, 6) is 2.24. The highest BCUT2D eigenvalue weighted by molar-refractivity contribution is 7.98. The third kappa shape index (κ3) is 3.90. The monoisotopic (exact) mass is 448 g/mol. The number of methoxy groups -OCH3 is 1. The topological polar surface area (TPSA) is 44.1 Å². The molecule has 2 aromatic heterocycles. The zero-order chi connectivity index (χ0) is 21.4. The lowest BCUT2D eigenvalue weighted by molar-refractivity contribution is 0.414. The summed E-state index contributed by atoms with van der Waals surface area (Å²) in [4.78, 5) is 21.0. The number of aromatic nitrogens is 2. The van der Waals surface area contributed by atoms with Crippen LogP contribution in [0, 0.1) is 5.92 Å². The molecule has 1 aliphatic rings. The van der Waals surface area contributed by atoms with E-state index in [1.165, 1.54) is 16.0 Å². The van der Waals surface area contributed by atoms with E-state index in [0.717, 1.165) is 51.8 Å². The van der Waals surface area contributed by atoms with Crippen LogP contribution in [0.2, 0.25) is 0 Å². The summed E-state index contributed by atoms with van der Waals surface area (Å²) >= 11 is 3.31. The van der Waals surface area contributed by atoms with E-state index in [1.54, 1.807) is 34.8 Å². The molecule has 158 valence electrons. The number of fused-ring (bicyclic) bond motifs is 3. The van der Waals surface area contributed by atoms with Gasteiger partial charge in [-0.3, -0.25) is 9.36 Å². The van der Waals surface area contributed by atoms with E-state index in [2.05, 4.69) is 19.1 Å². The Morgan fingerprint density at radius 1 is 1.16 bits per heavy atom. The molecule has 0 bridgehead atoms. The van der Waals surface area contributed by atoms with Crippen molar-refractivity contribution in [2.75, 3.05) is 7.11 Å². The van der Waals surface area contributed by atoms with Gasteiger partial charge < -0.3 is 4.74 Å². The number of hydrogen-bond donors (Lipinski definition) is 0. The largest absolute Gasteiger partial charge is 0.497 e. The maximum atomic E-state index is 13.8. The van der Waals surface area contributed by atoms with E-state index >= 15 is 0 Å². The number of ether oxygens (including phenoxy) is 1. The van der Waals surface area contributed by atoms with E-state index in [-0.39, 0.29) is 5.56 Å². The van der Waals surface area contributed by atoms with Crippen molar-refractivity contribution in [2.45, 2.75) is 37.1 Å². The van der Waals surface area contributed by atoms with Crippen molar-refractivity contribution >= 4 is 33.3 Å². The molecular weight excluding hydrogens is 424 g/mol. The molecule has 0 fully saturated rings. The number of nitrogens with zero attached hydrogens (tertiary/aromatic N) is 2. The van der Waals surface area contributed by atoms with Crippen LogP contribution in [0.3, 0.4) is 0 Å². The van der Waals surface area contributed by atoms with Gasteiger partial charge in [0.15, 0.2) is 5.16 Å². The van der Waals surface area contributed by atoms with Crippen LogP contribution < -0.4 is 10.3 Å². The fourth-order valence-corrected chi connectivity index (χ4v) is 6.53. The summed E-state index contributed by atoms with van der Waals surface area (Å²) in [5.41, 5.74) is 3.31.